The molecule has 0 saturated carbocycles. The minimum absolute atomic E-state index is 0. The van der Waals surface area contributed by atoms with Gasteiger partial charge in [0.25, 0.3) is 5.91 Å². The molecule has 0 aliphatic carbocycles. The van der Waals surface area contributed by atoms with Crippen LogP contribution < -0.4 is 5.73 Å². The minimum atomic E-state index is -0.366. The van der Waals surface area contributed by atoms with Crippen LogP contribution in [0.2, 0.25) is 0 Å². The number of hydrogen-bond acceptors (Lipinski definition) is 4. The van der Waals surface area contributed by atoms with E-state index in [0.29, 0.717) is 49.9 Å². The lowest BCUT2D eigenvalue weighted by Gasteiger charge is -2.17. The SMILES string of the molecule is COCCOCc1cc(C(=O)N2CCC(CN)C2)ccc1F.Cl. The van der Waals surface area contributed by atoms with Crippen LogP contribution >= 0.6 is 12.4 Å². The third-order valence-electron chi connectivity index (χ3n) is 3.89. The maximum Gasteiger partial charge on any atom is 0.253 e. The molecular weight excluding hydrogens is 323 g/mol. The van der Waals surface area contributed by atoms with Gasteiger partial charge in [-0.3, -0.25) is 4.79 Å². The Labute approximate surface area is 142 Å². The van der Waals surface area contributed by atoms with Gasteiger partial charge in [0.05, 0.1) is 19.8 Å². The first-order valence-electron chi connectivity index (χ1n) is 7.50. The van der Waals surface area contributed by atoms with Crippen LogP contribution in [0.15, 0.2) is 18.2 Å². The first-order valence-corrected chi connectivity index (χ1v) is 7.50. The van der Waals surface area contributed by atoms with E-state index in [4.69, 9.17) is 15.2 Å². The average molecular weight is 347 g/mol. The smallest absolute Gasteiger partial charge is 0.253 e. The number of carbonyl (C=O) groups excluding carboxylic acids is 1. The fourth-order valence-electron chi connectivity index (χ4n) is 2.53. The molecule has 1 aliphatic rings. The van der Waals surface area contributed by atoms with Gasteiger partial charge in [0, 0.05) is 31.3 Å². The van der Waals surface area contributed by atoms with Crippen molar-refractivity contribution in [2.75, 3.05) is 40.0 Å². The van der Waals surface area contributed by atoms with Crippen molar-refractivity contribution in [1.29, 1.82) is 0 Å². The summed E-state index contributed by atoms with van der Waals surface area (Å²) in [6, 6.07) is 4.41. The topological polar surface area (TPSA) is 64.8 Å². The van der Waals surface area contributed by atoms with Crippen LogP contribution in [-0.4, -0.2) is 50.8 Å². The van der Waals surface area contributed by atoms with E-state index >= 15 is 0 Å². The lowest BCUT2D eigenvalue weighted by atomic mass is 10.1. The van der Waals surface area contributed by atoms with Crippen molar-refractivity contribution in [3.8, 4) is 0 Å². The molecule has 0 bridgehead atoms. The van der Waals surface area contributed by atoms with Gasteiger partial charge in [-0.15, -0.1) is 12.4 Å². The van der Waals surface area contributed by atoms with Crippen LogP contribution in [0.4, 0.5) is 4.39 Å². The van der Waals surface area contributed by atoms with E-state index in [1.807, 2.05) is 0 Å². The number of carbonyl (C=O) groups is 1. The molecule has 1 heterocycles. The molecule has 1 aromatic carbocycles. The molecule has 130 valence electrons. The molecule has 1 unspecified atom stereocenters. The van der Waals surface area contributed by atoms with Gasteiger partial charge in [-0.05, 0) is 37.1 Å². The number of hydrogen-bond donors (Lipinski definition) is 1. The Morgan fingerprint density at radius 2 is 2.22 bits per heavy atom. The molecule has 2 rings (SSSR count). The van der Waals surface area contributed by atoms with Crippen LogP contribution in [0.3, 0.4) is 0 Å². The molecule has 7 heteroatoms. The molecule has 0 radical (unpaired) electrons. The van der Waals surface area contributed by atoms with Gasteiger partial charge >= 0.3 is 0 Å². The quantitative estimate of drug-likeness (QED) is 0.765. The zero-order valence-electron chi connectivity index (χ0n) is 13.3. The summed E-state index contributed by atoms with van der Waals surface area (Å²) in [6.07, 6.45) is 0.927. The third-order valence-corrected chi connectivity index (χ3v) is 3.89. The van der Waals surface area contributed by atoms with E-state index in [1.54, 1.807) is 18.1 Å². The highest BCUT2D eigenvalue weighted by Crippen LogP contribution is 2.19. The number of methoxy groups -OCH3 is 1. The number of nitrogens with zero attached hydrogens (tertiary/aromatic N) is 1. The van der Waals surface area contributed by atoms with Gasteiger partial charge < -0.3 is 20.1 Å². The second-order valence-electron chi connectivity index (χ2n) is 5.49. The number of rotatable bonds is 7. The van der Waals surface area contributed by atoms with Crippen molar-refractivity contribution in [1.82, 2.24) is 4.90 Å². The number of benzene rings is 1. The molecule has 1 aromatic rings. The first kappa shape index (κ1) is 19.8. The number of amides is 1. The molecule has 1 aliphatic heterocycles. The highest BCUT2D eigenvalue weighted by Gasteiger charge is 2.26. The summed E-state index contributed by atoms with van der Waals surface area (Å²) in [5.41, 5.74) is 6.52. The van der Waals surface area contributed by atoms with E-state index < -0.39 is 0 Å². The monoisotopic (exact) mass is 346 g/mol. The molecule has 1 amide bonds. The molecule has 23 heavy (non-hydrogen) atoms. The first-order chi connectivity index (χ1) is 10.7. The van der Waals surface area contributed by atoms with Gasteiger partial charge in [0.2, 0.25) is 0 Å². The summed E-state index contributed by atoms with van der Waals surface area (Å²) < 4.78 is 24.0. The maximum absolute atomic E-state index is 13.8. The molecule has 0 aromatic heterocycles. The Bertz CT molecular complexity index is 516. The summed E-state index contributed by atoms with van der Waals surface area (Å²) >= 11 is 0. The summed E-state index contributed by atoms with van der Waals surface area (Å²) in [5.74, 6) is -0.0782. The Hall–Kier alpha value is -1.21. The Morgan fingerprint density at radius 1 is 1.43 bits per heavy atom. The van der Waals surface area contributed by atoms with Crippen LogP contribution in [0.25, 0.3) is 0 Å². The zero-order chi connectivity index (χ0) is 15.9. The fraction of sp³-hybridized carbons (Fsp3) is 0.562. The summed E-state index contributed by atoms with van der Waals surface area (Å²) in [5, 5.41) is 0. The van der Waals surface area contributed by atoms with Crippen molar-refractivity contribution in [2.24, 2.45) is 11.7 Å². The van der Waals surface area contributed by atoms with E-state index in [-0.39, 0.29) is 30.7 Å². The molecule has 2 N–H and O–H groups in total. The van der Waals surface area contributed by atoms with Gasteiger partial charge in [-0.25, -0.2) is 4.39 Å². The third kappa shape index (κ3) is 5.42. The molecule has 1 saturated heterocycles. The molecule has 1 fully saturated rings. The van der Waals surface area contributed by atoms with Crippen molar-refractivity contribution in [3.05, 3.63) is 35.1 Å². The predicted octanol–water partition coefficient (Wildman–Crippen LogP) is 1.83. The van der Waals surface area contributed by atoms with E-state index in [0.717, 1.165) is 6.42 Å². The fourth-order valence-corrected chi connectivity index (χ4v) is 2.53. The standard InChI is InChI=1S/C16H23FN2O3.ClH/c1-21-6-7-22-11-14-8-13(2-3-15(14)17)16(20)19-5-4-12(9-18)10-19;/h2-3,8,12H,4-7,9-11,18H2,1H3;1H. The van der Waals surface area contributed by atoms with Crippen molar-refractivity contribution < 1.29 is 18.7 Å². The Balaban J connectivity index is 0.00000264. The molecule has 5 nitrogen and oxygen atoms in total. The van der Waals surface area contributed by atoms with Gasteiger partial charge in [-0.2, -0.15) is 0 Å². The number of halogens is 2. The van der Waals surface area contributed by atoms with Crippen LogP contribution in [0, 0.1) is 11.7 Å². The van der Waals surface area contributed by atoms with Crippen LogP contribution in [-0.2, 0) is 16.1 Å². The van der Waals surface area contributed by atoms with E-state index in [1.165, 1.54) is 12.1 Å². The Kier molecular flexibility index (Phi) is 8.47. The summed E-state index contributed by atoms with van der Waals surface area (Å²) in [4.78, 5) is 14.2. The van der Waals surface area contributed by atoms with Gasteiger partial charge in [-0.1, -0.05) is 0 Å². The summed E-state index contributed by atoms with van der Waals surface area (Å²) in [7, 11) is 1.58. The second-order valence-corrected chi connectivity index (χ2v) is 5.49. The predicted molar refractivity (Wildman–Crippen MR) is 88.2 cm³/mol. The highest BCUT2D eigenvalue weighted by molar-refractivity contribution is 5.94. The minimum Gasteiger partial charge on any atom is -0.382 e. The van der Waals surface area contributed by atoms with Crippen molar-refractivity contribution in [2.45, 2.75) is 13.0 Å². The van der Waals surface area contributed by atoms with Crippen LogP contribution in [0.5, 0.6) is 0 Å². The van der Waals surface area contributed by atoms with Gasteiger partial charge in [0.15, 0.2) is 0 Å². The van der Waals surface area contributed by atoms with E-state index in [9.17, 15) is 9.18 Å². The molecule has 1 atom stereocenters. The number of likely N-dealkylation sites (tertiary alicyclic amines) is 1. The second kappa shape index (κ2) is 9.82. The van der Waals surface area contributed by atoms with Crippen molar-refractivity contribution in [3.63, 3.8) is 0 Å². The number of nitrogens with two attached hydrogens (primary N) is 1. The summed E-state index contributed by atoms with van der Waals surface area (Å²) in [6.45, 7) is 2.94. The lowest BCUT2D eigenvalue weighted by Crippen LogP contribution is -2.30. The zero-order valence-corrected chi connectivity index (χ0v) is 14.1. The van der Waals surface area contributed by atoms with Crippen LogP contribution in [0.1, 0.15) is 22.3 Å². The van der Waals surface area contributed by atoms with Crippen molar-refractivity contribution >= 4 is 18.3 Å². The normalized spacial score (nSPS) is 17.2. The molecular formula is C16H24ClFN2O3. The average Bonchev–Trinajstić information content (AvgIpc) is 3.01. The Morgan fingerprint density at radius 3 is 2.87 bits per heavy atom. The highest BCUT2D eigenvalue weighted by atomic mass is 35.5. The number of ether oxygens (including phenoxy) is 2. The van der Waals surface area contributed by atoms with Gasteiger partial charge in [0.1, 0.15) is 5.82 Å². The largest absolute Gasteiger partial charge is 0.382 e. The maximum atomic E-state index is 13.8. The lowest BCUT2D eigenvalue weighted by molar-refractivity contribution is 0.0603. The van der Waals surface area contributed by atoms with E-state index in [2.05, 4.69) is 0 Å². The molecule has 0 spiro atoms.